The second kappa shape index (κ2) is 7.57. The molecule has 0 atom stereocenters. The predicted octanol–water partition coefficient (Wildman–Crippen LogP) is 1.30. The Bertz CT molecular complexity index is 428. The van der Waals surface area contributed by atoms with Crippen molar-refractivity contribution in [2.24, 2.45) is 5.73 Å². The van der Waals surface area contributed by atoms with Crippen LogP contribution in [0.3, 0.4) is 0 Å². The first kappa shape index (κ1) is 15.2. The van der Waals surface area contributed by atoms with E-state index in [1.165, 1.54) is 6.07 Å². The zero-order chi connectivity index (χ0) is 14.4. The summed E-state index contributed by atoms with van der Waals surface area (Å²) in [6, 6.07) is 5.08. The Kier molecular flexibility index (Phi) is 5.76. The van der Waals surface area contributed by atoms with Crippen molar-refractivity contribution < 1.29 is 9.13 Å². The fourth-order valence-electron chi connectivity index (χ4n) is 2.61. The molecule has 0 amide bonds. The lowest BCUT2D eigenvalue weighted by Crippen LogP contribution is -2.33. The van der Waals surface area contributed by atoms with Gasteiger partial charge in [-0.15, -0.1) is 0 Å². The van der Waals surface area contributed by atoms with Gasteiger partial charge in [0.25, 0.3) is 0 Å². The van der Waals surface area contributed by atoms with Gasteiger partial charge in [-0.3, -0.25) is 4.90 Å². The molecule has 4 nitrogen and oxygen atoms in total. The topological polar surface area (TPSA) is 41.7 Å². The number of hydrogen-bond acceptors (Lipinski definition) is 4. The summed E-state index contributed by atoms with van der Waals surface area (Å²) in [6.45, 7) is 6.37. The van der Waals surface area contributed by atoms with Gasteiger partial charge < -0.3 is 15.4 Å². The molecule has 1 saturated heterocycles. The van der Waals surface area contributed by atoms with Crippen molar-refractivity contribution in [1.82, 2.24) is 9.80 Å². The lowest BCUT2D eigenvalue weighted by molar-refractivity contribution is 0.252. The van der Waals surface area contributed by atoms with E-state index in [0.717, 1.165) is 44.7 Å². The predicted molar refractivity (Wildman–Crippen MR) is 78.3 cm³/mol. The lowest BCUT2D eigenvalue weighted by Gasteiger charge is -2.21. The molecule has 112 valence electrons. The smallest absolute Gasteiger partial charge is 0.131 e. The lowest BCUT2D eigenvalue weighted by atomic mass is 10.2. The van der Waals surface area contributed by atoms with Crippen LogP contribution in [0.1, 0.15) is 12.0 Å². The summed E-state index contributed by atoms with van der Waals surface area (Å²) < 4.78 is 19.0. The summed E-state index contributed by atoms with van der Waals surface area (Å²) in [6.07, 6.45) is 1.11. The van der Waals surface area contributed by atoms with Gasteiger partial charge >= 0.3 is 0 Å². The van der Waals surface area contributed by atoms with Crippen molar-refractivity contribution in [1.29, 1.82) is 0 Å². The van der Waals surface area contributed by atoms with Crippen molar-refractivity contribution in [3.8, 4) is 5.75 Å². The highest BCUT2D eigenvalue weighted by molar-refractivity contribution is 5.28. The molecular weight excluding hydrogens is 257 g/mol. The molecule has 1 aliphatic rings. The van der Waals surface area contributed by atoms with Gasteiger partial charge in [0.2, 0.25) is 0 Å². The van der Waals surface area contributed by atoms with Crippen LogP contribution in [0.5, 0.6) is 5.75 Å². The van der Waals surface area contributed by atoms with Crippen LogP contribution in [0.4, 0.5) is 4.39 Å². The third kappa shape index (κ3) is 4.16. The largest absolute Gasteiger partial charge is 0.497 e. The van der Waals surface area contributed by atoms with Crippen LogP contribution in [-0.2, 0) is 6.54 Å². The summed E-state index contributed by atoms with van der Waals surface area (Å²) in [7, 11) is 1.55. The van der Waals surface area contributed by atoms with E-state index in [1.807, 2.05) is 12.1 Å². The van der Waals surface area contributed by atoms with Crippen LogP contribution in [0.15, 0.2) is 18.2 Å². The molecule has 5 heteroatoms. The maximum Gasteiger partial charge on any atom is 0.131 e. The molecule has 1 aliphatic heterocycles. The van der Waals surface area contributed by atoms with Gasteiger partial charge in [-0.05, 0) is 25.6 Å². The van der Waals surface area contributed by atoms with Gasteiger partial charge in [-0.1, -0.05) is 6.07 Å². The van der Waals surface area contributed by atoms with E-state index < -0.39 is 0 Å². The number of methoxy groups -OCH3 is 1. The summed E-state index contributed by atoms with van der Waals surface area (Å²) in [4.78, 5) is 4.69. The van der Waals surface area contributed by atoms with Gasteiger partial charge in [0.05, 0.1) is 7.11 Å². The molecule has 1 heterocycles. The minimum absolute atomic E-state index is 0.188. The monoisotopic (exact) mass is 281 g/mol. The molecule has 2 N–H and O–H groups in total. The fraction of sp³-hybridized carbons (Fsp3) is 0.600. The second-order valence-electron chi connectivity index (χ2n) is 5.22. The van der Waals surface area contributed by atoms with Crippen LogP contribution in [0.2, 0.25) is 0 Å². The molecule has 20 heavy (non-hydrogen) atoms. The van der Waals surface area contributed by atoms with Crippen LogP contribution in [0, 0.1) is 5.82 Å². The highest BCUT2D eigenvalue weighted by Crippen LogP contribution is 2.18. The van der Waals surface area contributed by atoms with E-state index in [-0.39, 0.29) is 5.82 Å². The Labute approximate surface area is 120 Å². The van der Waals surface area contributed by atoms with E-state index >= 15 is 0 Å². The van der Waals surface area contributed by atoms with Gasteiger partial charge in [0.1, 0.15) is 11.6 Å². The van der Waals surface area contributed by atoms with Crippen molar-refractivity contribution in [3.05, 3.63) is 29.6 Å². The van der Waals surface area contributed by atoms with Crippen molar-refractivity contribution in [2.45, 2.75) is 13.0 Å². The summed E-state index contributed by atoms with van der Waals surface area (Å²) in [5.74, 6) is 0.378. The number of ether oxygens (including phenoxy) is 1. The highest BCUT2D eigenvalue weighted by Gasteiger charge is 2.15. The maximum atomic E-state index is 14.0. The van der Waals surface area contributed by atoms with E-state index in [0.29, 0.717) is 18.8 Å². The average molecular weight is 281 g/mol. The van der Waals surface area contributed by atoms with Crippen LogP contribution < -0.4 is 10.5 Å². The number of rotatable bonds is 5. The number of halogens is 1. The minimum Gasteiger partial charge on any atom is -0.497 e. The van der Waals surface area contributed by atoms with Crippen LogP contribution in [-0.4, -0.2) is 56.2 Å². The normalized spacial score (nSPS) is 17.9. The molecule has 1 aromatic carbocycles. The first-order valence-electron chi connectivity index (χ1n) is 7.20. The molecule has 0 spiro atoms. The highest BCUT2D eigenvalue weighted by atomic mass is 19.1. The molecule has 0 unspecified atom stereocenters. The Morgan fingerprint density at radius 3 is 2.65 bits per heavy atom. The summed E-state index contributed by atoms with van der Waals surface area (Å²) in [5.41, 5.74) is 6.33. The molecular formula is C15H24FN3O. The summed E-state index contributed by atoms with van der Waals surface area (Å²) in [5, 5.41) is 0. The fourth-order valence-corrected chi connectivity index (χ4v) is 2.61. The maximum absolute atomic E-state index is 14.0. The molecule has 0 radical (unpaired) electrons. The van der Waals surface area contributed by atoms with Crippen molar-refractivity contribution >= 4 is 0 Å². The first-order valence-corrected chi connectivity index (χ1v) is 7.20. The summed E-state index contributed by atoms with van der Waals surface area (Å²) >= 11 is 0. The third-order valence-corrected chi connectivity index (χ3v) is 3.78. The average Bonchev–Trinajstić information content (AvgIpc) is 2.67. The van der Waals surface area contributed by atoms with Crippen LogP contribution >= 0.6 is 0 Å². The van der Waals surface area contributed by atoms with E-state index in [4.69, 9.17) is 10.5 Å². The molecule has 0 aromatic heterocycles. The first-order chi connectivity index (χ1) is 9.72. The van der Waals surface area contributed by atoms with Gasteiger partial charge in [0.15, 0.2) is 0 Å². The van der Waals surface area contributed by atoms with Gasteiger partial charge in [-0.25, -0.2) is 4.39 Å². The standard InChI is InChI=1S/C15H24FN3O/c1-20-14-4-3-13(15(16)11-14)12-19-7-2-6-18(8-5-17)9-10-19/h3-4,11H,2,5-10,12,17H2,1H3. The number of benzene rings is 1. The molecule has 0 saturated carbocycles. The van der Waals surface area contributed by atoms with Gasteiger partial charge in [-0.2, -0.15) is 0 Å². The zero-order valence-electron chi connectivity index (χ0n) is 12.1. The van der Waals surface area contributed by atoms with Crippen molar-refractivity contribution in [3.63, 3.8) is 0 Å². The number of nitrogens with zero attached hydrogens (tertiary/aromatic N) is 2. The van der Waals surface area contributed by atoms with E-state index in [2.05, 4.69) is 9.80 Å². The van der Waals surface area contributed by atoms with Crippen molar-refractivity contribution in [2.75, 3.05) is 46.4 Å². The number of nitrogens with two attached hydrogens (primary N) is 1. The SMILES string of the molecule is COc1ccc(CN2CCCN(CCN)CC2)c(F)c1. The van der Waals surface area contributed by atoms with E-state index in [9.17, 15) is 4.39 Å². The quantitative estimate of drug-likeness (QED) is 0.883. The van der Waals surface area contributed by atoms with Crippen LogP contribution in [0.25, 0.3) is 0 Å². The Balaban J connectivity index is 1.93. The zero-order valence-corrected chi connectivity index (χ0v) is 12.1. The molecule has 1 fully saturated rings. The second-order valence-corrected chi connectivity index (χ2v) is 5.22. The third-order valence-electron chi connectivity index (χ3n) is 3.78. The minimum atomic E-state index is -0.188. The van der Waals surface area contributed by atoms with Gasteiger partial charge in [0, 0.05) is 44.4 Å². The Morgan fingerprint density at radius 1 is 1.20 bits per heavy atom. The molecule has 0 aliphatic carbocycles. The van der Waals surface area contributed by atoms with E-state index in [1.54, 1.807) is 7.11 Å². The molecule has 2 rings (SSSR count). The molecule has 1 aromatic rings. The number of hydrogen-bond donors (Lipinski definition) is 1. The Morgan fingerprint density at radius 2 is 1.95 bits per heavy atom. The molecule has 0 bridgehead atoms. The Hall–Kier alpha value is -1.17.